The normalized spacial score (nSPS) is 20.7. The van der Waals surface area contributed by atoms with Crippen molar-refractivity contribution >= 4 is 12.1 Å². The average molecular weight is 318 g/mol. The van der Waals surface area contributed by atoms with E-state index in [4.69, 9.17) is 18.9 Å². The van der Waals surface area contributed by atoms with Gasteiger partial charge in [-0.3, -0.25) is 0 Å². The van der Waals surface area contributed by atoms with E-state index in [9.17, 15) is 9.59 Å². The Kier molecular flexibility index (Phi) is 6.34. The Morgan fingerprint density at radius 3 is 2.41 bits per heavy atom. The molecule has 1 atom stereocenters. The largest absolute Gasteiger partial charge is 0.513 e. The number of rotatable bonds is 8. The van der Waals surface area contributed by atoms with Crippen LogP contribution in [0.15, 0.2) is 12.2 Å². The van der Waals surface area contributed by atoms with E-state index >= 15 is 0 Å². The second-order valence-corrected chi connectivity index (χ2v) is 5.36. The van der Waals surface area contributed by atoms with Gasteiger partial charge in [-0.2, -0.15) is 4.89 Å². The molecule has 1 fully saturated rings. The second-order valence-electron chi connectivity index (χ2n) is 5.36. The van der Waals surface area contributed by atoms with Gasteiger partial charge in [0.15, 0.2) is 6.61 Å². The molecule has 1 aliphatic rings. The molecule has 0 aromatic carbocycles. The molecule has 0 radical (unpaired) electrons. The Balaban J connectivity index is 2.37. The predicted octanol–water partition coefficient (Wildman–Crippen LogP) is 2.08. The van der Waals surface area contributed by atoms with Crippen LogP contribution in [0.5, 0.6) is 0 Å². The molecule has 0 spiro atoms. The van der Waals surface area contributed by atoms with Gasteiger partial charge in [-0.1, -0.05) is 13.5 Å². The lowest BCUT2D eigenvalue weighted by molar-refractivity contribution is -0.597. The summed E-state index contributed by atoms with van der Waals surface area (Å²) in [6.07, 6.45) is -0.321. The molecule has 8 nitrogen and oxygen atoms in total. The van der Waals surface area contributed by atoms with Crippen LogP contribution in [0, 0.1) is 0 Å². The highest BCUT2D eigenvalue weighted by Gasteiger charge is 2.49. The maximum Gasteiger partial charge on any atom is 0.513 e. The molecule has 22 heavy (non-hydrogen) atoms. The zero-order chi connectivity index (χ0) is 16.8. The van der Waals surface area contributed by atoms with Crippen molar-refractivity contribution in [3.8, 4) is 0 Å². The zero-order valence-corrected chi connectivity index (χ0v) is 13.3. The van der Waals surface area contributed by atoms with Crippen molar-refractivity contribution in [3.63, 3.8) is 0 Å². The lowest BCUT2D eigenvalue weighted by Crippen LogP contribution is -2.54. The van der Waals surface area contributed by atoms with Crippen molar-refractivity contribution in [2.75, 3.05) is 19.8 Å². The SMILES string of the molecule is C=C(C)C(=O)OCCOC1(OC(=O)OC(C)(C)CC)COO1. The summed E-state index contributed by atoms with van der Waals surface area (Å²) in [5.74, 6) is -2.20. The Hall–Kier alpha value is -1.64. The third kappa shape index (κ3) is 5.63. The summed E-state index contributed by atoms with van der Waals surface area (Å²) in [7, 11) is 0. The molecule has 0 aliphatic carbocycles. The van der Waals surface area contributed by atoms with Gasteiger partial charge in [-0.25, -0.2) is 14.5 Å². The Morgan fingerprint density at radius 2 is 1.95 bits per heavy atom. The summed E-state index contributed by atoms with van der Waals surface area (Å²) in [6, 6.07) is 0. The van der Waals surface area contributed by atoms with Crippen molar-refractivity contribution in [2.24, 2.45) is 0 Å². The monoisotopic (exact) mass is 318 g/mol. The number of hydrogen-bond acceptors (Lipinski definition) is 8. The van der Waals surface area contributed by atoms with E-state index in [1.807, 2.05) is 6.92 Å². The smallest absolute Gasteiger partial charge is 0.460 e. The van der Waals surface area contributed by atoms with Gasteiger partial charge in [-0.15, -0.1) is 0 Å². The minimum atomic E-state index is -1.67. The standard InChI is InChI=1S/C14H22O8/c1-6-13(4,5)20-12(16)21-14(9-19-22-14)18-8-7-17-11(15)10(2)3/h2,6-9H2,1,3-5H3. The predicted molar refractivity (Wildman–Crippen MR) is 73.4 cm³/mol. The molecule has 0 aromatic heterocycles. The van der Waals surface area contributed by atoms with E-state index in [1.54, 1.807) is 13.8 Å². The van der Waals surface area contributed by atoms with Crippen molar-refractivity contribution in [1.82, 2.24) is 0 Å². The zero-order valence-electron chi connectivity index (χ0n) is 13.3. The average Bonchev–Trinajstić information content (AvgIpc) is 2.39. The van der Waals surface area contributed by atoms with Crippen LogP contribution in [-0.2, 0) is 33.5 Å². The number of carbonyl (C=O) groups is 2. The number of ether oxygens (including phenoxy) is 4. The van der Waals surface area contributed by atoms with Gasteiger partial charge in [0.25, 0.3) is 0 Å². The number of carbonyl (C=O) groups excluding carboxylic acids is 2. The van der Waals surface area contributed by atoms with E-state index in [1.165, 1.54) is 6.92 Å². The van der Waals surface area contributed by atoms with E-state index in [-0.39, 0.29) is 25.4 Å². The molecule has 8 heteroatoms. The topological polar surface area (TPSA) is 89.5 Å². The molecule has 126 valence electrons. The summed E-state index contributed by atoms with van der Waals surface area (Å²) in [6.45, 7) is 10.1. The van der Waals surface area contributed by atoms with Crippen LogP contribution in [0.25, 0.3) is 0 Å². The van der Waals surface area contributed by atoms with Gasteiger partial charge < -0.3 is 18.9 Å². The first-order chi connectivity index (χ1) is 10.2. The third-order valence-electron chi connectivity index (χ3n) is 2.86. The van der Waals surface area contributed by atoms with Gasteiger partial charge in [0.05, 0.1) is 6.61 Å². The van der Waals surface area contributed by atoms with Crippen LogP contribution >= 0.6 is 0 Å². The molecule has 1 unspecified atom stereocenters. The fourth-order valence-corrected chi connectivity index (χ4v) is 1.20. The summed E-state index contributed by atoms with van der Waals surface area (Å²) < 4.78 is 20.2. The fraction of sp³-hybridized carbons (Fsp3) is 0.714. The Bertz CT molecular complexity index is 425. The van der Waals surface area contributed by atoms with E-state index in [0.29, 0.717) is 6.42 Å². The van der Waals surface area contributed by atoms with Gasteiger partial charge in [0.1, 0.15) is 12.2 Å². The second kappa shape index (κ2) is 7.57. The molecule has 1 aliphatic heterocycles. The highest BCUT2D eigenvalue weighted by molar-refractivity contribution is 5.86. The summed E-state index contributed by atoms with van der Waals surface area (Å²) in [5.41, 5.74) is -0.389. The lowest BCUT2D eigenvalue weighted by atomic mass is 10.1. The molecule has 0 bridgehead atoms. The molecule has 0 saturated carbocycles. The molecular formula is C14H22O8. The minimum absolute atomic E-state index is 0.0460. The van der Waals surface area contributed by atoms with Crippen LogP contribution in [0.2, 0.25) is 0 Å². The maximum atomic E-state index is 11.7. The van der Waals surface area contributed by atoms with Crippen LogP contribution in [0.4, 0.5) is 4.79 Å². The molecule has 1 heterocycles. The van der Waals surface area contributed by atoms with Crippen molar-refractivity contribution in [1.29, 1.82) is 0 Å². The third-order valence-corrected chi connectivity index (χ3v) is 2.86. The molecular weight excluding hydrogens is 296 g/mol. The molecule has 0 N–H and O–H groups in total. The van der Waals surface area contributed by atoms with Gasteiger partial charge in [-0.05, 0) is 27.2 Å². The summed E-state index contributed by atoms with van der Waals surface area (Å²) in [5, 5.41) is 0. The lowest BCUT2D eigenvalue weighted by Gasteiger charge is -2.37. The summed E-state index contributed by atoms with van der Waals surface area (Å²) >= 11 is 0. The minimum Gasteiger partial charge on any atom is -0.460 e. The van der Waals surface area contributed by atoms with E-state index in [2.05, 4.69) is 16.4 Å². The highest BCUT2D eigenvalue weighted by atomic mass is 17.3. The summed E-state index contributed by atoms with van der Waals surface area (Å²) in [4.78, 5) is 32.1. The van der Waals surface area contributed by atoms with Crippen molar-refractivity contribution in [3.05, 3.63) is 12.2 Å². The quantitative estimate of drug-likeness (QED) is 0.221. The van der Waals surface area contributed by atoms with E-state index < -0.39 is 23.7 Å². The Labute approximate surface area is 129 Å². The first-order valence-corrected chi connectivity index (χ1v) is 6.89. The highest BCUT2D eigenvalue weighted by Crippen LogP contribution is 2.27. The Morgan fingerprint density at radius 1 is 1.32 bits per heavy atom. The first kappa shape index (κ1) is 18.4. The van der Waals surface area contributed by atoms with E-state index in [0.717, 1.165) is 0 Å². The molecule has 0 aromatic rings. The van der Waals surface area contributed by atoms with Gasteiger partial charge in [0.2, 0.25) is 0 Å². The molecule has 1 saturated heterocycles. The van der Waals surface area contributed by atoms with Gasteiger partial charge >= 0.3 is 18.1 Å². The van der Waals surface area contributed by atoms with Crippen LogP contribution < -0.4 is 0 Å². The first-order valence-electron chi connectivity index (χ1n) is 6.89. The van der Waals surface area contributed by atoms with Crippen LogP contribution in [0.1, 0.15) is 34.1 Å². The van der Waals surface area contributed by atoms with Crippen molar-refractivity contribution < 1.29 is 38.3 Å². The maximum absolute atomic E-state index is 11.7. The molecule has 1 rings (SSSR count). The van der Waals surface area contributed by atoms with Crippen LogP contribution in [0.3, 0.4) is 0 Å². The number of hydrogen-bond donors (Lipinski definition) is 0. The van der Waals surface area contributed by atoms with Gasteiger partial charge in [0, 0.05) is 5.57 Å². The fourth-order valence-electron chi connectivity index (χ4n) is 1.20. The van der Waals surface area contributed by atoms with Crippen molar-refractivity contribution in [2.45, 2.75) is 45.7 Å². The molecule has 0 amide bonds. The van der Waals surface area contributed by atoms with Crippen LogP contribution in [-0.4, -0.2) is 43.5 Å². The number of esters is 1.